The summed E-state index contributed by atoms with van der Waals surface area (Å²) >= 11 is 0. The fourth-order valence-electron chi connectivity index (χ4n) is 6.70. The number of rotatable bonds is 15. The second-order valence-electron chi connectivity index (χ2n) is 13.4. The summed E-state index contributed by atoms with van der Waals surface area (Å²) < 4.78 is 34.3. The number of ether oxygens (including phenoxy) is 5. The van der Waals surface area contributed by atoms with Gasteiger partial charge in [-0.15, -0.1) is 0 Å². The lowest BCUT2D eigenvalue weighted by molar-refractivity contribution is -0.275. The molecule has 0 aliphatic carbocycles. The summed E-state index contributed by atoms with van der Waals surface area (Å²) in [6.45, 7) is 4.08. The lowest BCUT2D eigenvalue weighted by Crippen LogP contribution is -2.58. The smallest absolute Gasteiger partial charge is 0.117 e. The van der Waals surface area contributed by atoms with E-state index < -0.39 is 30.5 Å². The van der Waals surface area contributed by atoms with E-state index in [0.717, 1.165) is 38.9 Å². The highest BCUT2D eigenvalue weighted by Gasteiger charge is 2.49. The largest absolute Gasteiger partial charge is 0.374 e. The Morgan fingerprint density at radius 2 is 0.923 bits per heavy atom. The van der Waals surface area contributed by atoms with Crippen LogP contribution in [0.25, 0.3) is 11.1 Å². The van der Waals surface area contributed by atoms with Crippen molar-refractivity contribution in [2.75, 3.05) is 6.61 Å². The Balaban J connectivity index is 1.26. The second-order valence-corrected chi connectivity index (χ2v) is 13.4. The SMILES string of the molecule is Cc1ccc(-c2cccc(C3OC(COCc4ccccc4)C(OCc4ccccc4)C(OCc4ccccc4)C3OCc3ccccc3)c2)cc1. The molecule has 5 nitrogen and oxygen atoms in total. The zero-order valence-corrected chi connectivity index (χ0v) is 29.6. The lowest BCUT2D eigenvalue weighted by atomic mass is 9.89. The first-order valence-corrected chi connectivity index (χ1v) is 18.1. The number of hydrogen-bond acceptors (Lipinski definition) is 5. The maximum atomic E-state index is 7.15. The summed E-state index contributed by atoms with van der Waals surface area (Å²) in [5.41, 5.74) is 8.82. The molecule has 52 heavy (non-hydrogen) atoms. The van der Waals surface area contributed by atoms with Crippen LogP contribution in [0, 0.1) is 6.92 Å². The fraction of sp³-hybridized carbons (Fsp3) is 0.234. The molecule has 0 radical (unpaired) electrons. The molecule has 1 saturated heterocycles. The zero-order valence-electron chi connectivity index (χ0n) is 29.6. The highest BCUT2D eigenvalue weighted by atomic mass is 16.6. The summed E-state index contributed by atoms with van der Waals surface area (Å²) in [7, 11) is 0. The van der Waals surface area contributed by atoms with Gasteiger partial charge in [-0.1, -0.05) is 169 Å². The molecule has 5 heteroatoms. The predicted octanol–water partition coefficient (Wildman–Crippen LogP) is 10.1. The van der Waals surface area contributed by atoms with Crippen molar-refractivity contribution in [1.29, 1.82) is 0 Å². The molecule has 5 unspecified atom stereocenters. The van der Waals surface area contributed by atoms with Crippen LogP contribution in [0.3, 0.4) is 0 Å². The Kier molecular flexibility index (Phi) is 12.3. The van der Waals surface area contributed by atoms with Crippen LogP contribution < -0.4 is 0 Å². The van der Waals surface area contributed by atoms with E-state index in [1.54, 1.807) is 0 Å². The highest BCUT2D eigenvalue weighted by Crippen LogP contribution is 2.39. The van der Waals surface area contributed by atoms with E-state index in [9.17, 15) is 0 Å². The van der Waals surface area contributed by atoms with Crippen molar-refractivity contribution in [2.24, 2.45) is 0 Å². The molecule has 264 valence electrons. The van der Waals surface area contributed by atoms with Gasteiger partial charge in [0.15, 0.2) is 0 Å². The molecule has 0 bridgehead atoms. The van der Waals surface area contributed by atoms with Crippen LogP contribution in [0.2, 0.25) is 0 Å². The second kappa shape index (κ2) is 18.1. The van der Waals surface area contributed by atoms with E-state index in [4.69, 9.17) is 23.7 Å². The first kappa shape index (κ1) is 35.5. The van der Waals surface area contributed by atoms with Crippen LogP contribution in [0.15, 0.2) is 170 Å². The van der Waals surface area contributed by atoms with Crippen molar-refractivity contribution < 1.29 is 23.7 Å². The fourth-order valence-corrected chi connectivity index (χ4v) is 6.70. The molecule has 0 spiro atoms. The van der Waals surface area contributed by atoms with Crippen molar-refractivity contribution in [1.82, 2.24) is 0 Å². The van der Waals surface area contributed by atoms with Crippen LogP contribution in [0.4, 0.5) is 0 Å². The maximum absolute atomic E-state index is 7.15. The molecule has 6 aromatic rings. The third-order valence-electron chi connectivity index (χ3n) is 9.48. The van der Waals surface area contributed by atoms with Crippen LogP contribution >= 0.6 is 0 Å². The molecule has 7 rings (SSSR count). The Hall–Kier alpha value is -4.88. The summed E-state index contributed by atoms with van der Waals surface area (Å²) in [5.74, 6) is 0. The van der Waals surface area contributed by atoms with E-state index in [1.807, 2.05) is 72.8 Å². The average Bonchev–Trinajstić information content (AvgIpc) is 3.20. The number of benzene rings is 6. The lowest BCUT2D eigenvalue weighted by Gasteiger charge is -2.46. The third-order valence-corrected chi connectivity index (χ3v) is 9.48. The van der Waals surface area contributed by atoms with Crippen molar-refractivity contribution >= 4 is 0 Å². The minimum Gasteiger partial charge on any atom is -0.374 e. The van der Waals surface area contributed by atoms with Crippen molar-refractivity contribution in [3.05, 3.63) is 203 Å². The topological polar surface area (TPSA) is 46.2 Å². The number of hydrogen-bond donors (Lipinski definition) is 0. The average molecular weight is 691 g/mol. The van der Waals surface area contributed by atoms with Crippen LogP contribution in [-0.4, -0.2) is 31.0 Å². The molecule has 1 aliphatic rings. The summed E-state index contributed by atoms with van der Waals surface area (Å²) in [5, 5.41) is 0. The van der Waals surface area contributed by atoms with E-state index in [1.165, 1.54) is 5.56 Å². The molecule has 1 fully saturated rings. The maximum Gasteiger partial charge on any atom is 0.117 e. The Morgan fingerprint density at radius 1 is 0.442 bits per heavy atom. The van der Waals surface area contributed by atoms with Gasteiger partial charge in [0.2, 0.25) is 0 Å². The van der Waals surface area contributed by atoms with Gasteiger partial charge in [-0.05, 0) is 51.9 Å². The quantitative estimate of drug-likeness (QED) is 0.107. The van der Waals surface area contributed by atoms with Gasteiger partial charge < -0.3 is 23.7 Å². The molecular weight excluding hydrogens is 645 g/mol. The van der Waals surface area contributed by atoms with Crippen molar-refractivity contribution in [3.8, 4) is 11.1 Å². The monoisotopic (exact) mass is 690 g/mol. The molecule has 1 heterocycles. The van der Waals surface area contributed by atoms with Gasteiger partial charge in [0.25, 0.3) is 0 Å². The van der Waals surface area contributed by atoms with E-state index in [2.05, 4.69) is 104 Å². The molecule has 1 aliphatic heterocycles. The Morgan fingerprint density at radius 3 is 1.46 bits per heavy atom. The first-order valence-electron chi connectivity index (χ1n) is 18.1. The first-order chi connectivity index (χ1) is 25.7. The minimum absolute atomic E-state index is 0.319. The molecule has 6 aromatic carbocycles. The van der Waals surface area contributed by atoms with Crippen LogP contribution in [0.5, 0.6) is 0 Å². The van der Waals surface area contributed by atoms with E-state index >= 15 is 0 Å². The third kappa shape index (κ3) is 9.51. The highest BCUT2D eigenvalue weighted by molar-refractivity contribution is 5.64. The molecule has 5 atom stereocenters. The molecular formula is C47H46O5. The standard InChI is InChI=1S/C47H46O5/c1-35-25-27-40(28-26-35)41-23-14-24-42(29-41)44-46(50-32-38-19-10-4-11-20-38)47(51-33-39-21-12-5-13-22-39)45(49-31-37-17-8-3-9-18-37)43(52-44)34-48-30-36-15-6-2-7-16-36/h2-29,43-47H,30-34H2,1H3. The number of aryl methyl sites for hydroxylation is 1. The minimum atomic E-state index is -0.497. The van der Waals surface area contributed by atoms with E-state index in [0.29, 0.717) is 33.0 Å². The summed E-state index contributed by atoms with van der Waals surface area (Å²) in [4.78, 5) is 0. The molecule has 0 aromatic heterocycles. The van der Waals surface area contributed by atoms with Crippen molar-refractivity contribution in [2.45, 2.75) is 63.9 Å². The summed E-state index contributed by atoms with van der Waals surface area (Å²) in [6, 6.07) is 58.2. The van der Waals surface area contributed by atoms with Crippen molar-refractivity contribution in [3.63, 3.8) is 0 Å². The molecule has 0 amide bonds. The Labute approximate surface area is 307 Å². The molecule has 0 N–H and O–H groups in total. The van der Waals surface area contributed by atoms with Gasteiger partial charge in [0, 0.05) is 0 Å². The van der Waals surface area contributed by atoms with Crippen LogP contribution in [0.1, 0.15) is 39.5 Å². The normalized spacial score (nSPS) is 20.1. The summed E-state index contributed by atoms with van der Waals surface area (Å²) in [6.07, 6.45) is -2.38. The van der Waals surface area contributed by atoms with E-state index in [-0.39, 0.29) is 0 Å². The Bertz CT molecular complexity index is 1920. The van der Waals surface area contributed by atoms with Gasteiger partial charge in [-0.3, -0.25) is 0 Å². The van der Waals surface area contributed by atoms with Gasteiger partial charge >= 0.3 is 0 Å². The zero-order chi connectivity index (χ0) is 35.4. The van der Waals surface area contributed by atoms with Gasteiger partial charge in [-0.25, -0.2) is 0 Å². The van der Waals surface area contributed by atoms with Gasteiger partial charge in [-0.2, -0.15) is 0 Å². The predicted molar refractivity (Wildman–Crippen MR) is 205 cm³/mol. The van der Waals surface area contributed by atoms with Crippen LogP contribution in [-0.2, 0) is 50.1 Å². The van der Waals surface area contributed by atoms with Gasteiger partial charge in [0.1, 0.15) is 30.5 Å². The van der Waals surface area contributed by atoms with Gasteiger partial charge in [0.05, 0.1) is 33.0 Å². The molecule has 0 saturated carbocycles.